The van der Waals surface area contributed by atoms with Crippen LogP contribution in [0.3, 0.4) is 0 Å². The highest BCUT2D eigenvalue weighted by atomic mass is 19.1. The van der Waals surface area contributed by atoms with E-state index in [1.165, 1.54) is 0 Å². The third kappa shape index (κ3) is 1.69. The van der Waals surface area contributed by atoms with Gasteiger partial charge in [-0.05, 0) is 24.8 Å². The van der Waals surface area contributed by atoms with Crippen molar-refractivity contribution in [1.29, 1.82) is 0 Å². The normalized spacial score (nSPS) is 34.8. The van der Waals surface area contributed by atoms with Gasteiger partial charge in [-0.15, -0.1) is 0 Å². The van der Waals surface area contributed by atoms with Crippen molar-refractivity contribution in [3.05, 3.63) is 0 Å². The van der Waals surface area contributed by atoms with E-state index in [9.17, 15) is 4.39 Å². The number of hydrogen-bond acceptors (Lipinski definition) is 1. The van der Waals surface area contributed by atoms with Crippen LogP contribution in [0.5, 0.6) is 0 Å². The van der Waals surface area contributed by atoms with Crippen LogP contribution in [0.25, 0.3) is 0 Å². The minimum absolute atomic E-state index is 0.293. The lowest BCUT2D eigenvalue weighted by molar-refractivity contribution is 0.140. The highest BCUT2D eigenvalue weighted by Crippen LogP contribution is 2.23. The maximum absolute atomic E-state index is 13.0. The highest BCUT2D eigenvalue weighted by molar-refractivity contribution is 4.79. The molecule has 0 amide bonds. The summed E-state index contributed by atoms with van der Waals surface area (Å²) in [5.41, 5.74) is 0. The van der Waals surface area contributed by atoms with Crippen LogP contribution in [0.15, 0.2) is 0 Å². The fourth-order valence-corrected chi connectivity index (χ4v) is 1.59. The average Bonchev–Trinajstić information content (AvgIpc) is 1.88. The molecule has 0 aromatic carbocycles. The van der Waals surface area contributed by atoms with Gasteiger partial charge in [-0.1, -0.05) is 13.8 Å². The summed E-state index contributed by atoms with van der Waals surface area (Å²) >= 11 is 0. The minimum Gasteiger partial charge on any atom is -0.314 e. The van der Waals surface area contributed by atoms with Crippen molar-refractivity contribution >= 4 is 0 Å². The molecule has 1 nitrogen and oxygen atoms in total. The van der Waals surface area contributed by atoms with Gasteiger partial charge in [-0.25, -0.2) is 4.39 Å². The maximum Gasteiger partial charge on any atom is 0.116 e. The summed E-state index contributed by atoms with van der Waals surface area (Å²) in [5, 5.41) is 3.04. The first-order valence-electron chi connectivity index (χ1n) is 4.06. The van der Waals surface area contributed by atoms with Gasteiger partial charge in [0, 0.05) is 6.54 Å². The Hall–Kier alpha value is -0.110. The minimum atomic E-state index is -0.617. The molecule has 1 aliphatic rings. The summed E-state index contributed by atoms with van der Waals surface area (Å²) < 4.78 is 13.0. The molecule has 0 aromatic heterocycles. The highest BCUT2D eigenvalue weighted by Gasteiger charge is 2.26. The summed E-state index contributed by atoms with van der Waals surface area (Å²) in [5.74, 6) is 0.790. The Kier molecular flexibility index (Phi) is 2.66. The van der Waals surface area contributed by atoms with Gasteiger partial charge in [0.1, 0.15) is 6.17 Å². The summed E-state index contributed by atoms with van der Waals surface area (Å²) in [6.45, 7) is 5.75. The summed E-state index contributed by atoms with van der Waals surface area (Å²) in [4.78, 5) is 0. The van der Waals surface area contributed by atoms with Gasteiger partial charge in [0.25, 0.3) is 0 Å². The van der Waals surface area contributed by atoms with E-state index in [2.05, 4.69) is 19.2 Å². The first kappa shape index (κ1) is 7.99. The third-order valence-corrected chi connectivity index (χ3v) is 2.31. The van der Waals surface area contributed by atoms with E-state index >= 15 is 0 Å². The van der Waals surface area contributed by atoms with Crippen molar-refractivity contribution in [2.75, 3.05) is 13.1 Å². The summed E-state index contributed by atoms with van der Waals surface area (Å²) in [7, 11) is 0. The fraction of sp³-hybridized carbons (Fsp3) is 1.00. The Labute approximate surface area is 62.0 Å². The lowest BCUT2D eigenvalue weighted by Gasteiger charge is -2.29. The van der Waals surface area contributed by atoms with Crippen LogP contribution in [-0.4, -0.2) is 19.3 Å². The monoisotopic (exact) mass is 145 g/mol. The smallest absolute Gasteiger partial charge is 0.116 e. The Morgan fingerprint density at radius 2 is 2.20 bits per heavy atom. The van der Waals surface area contributed by atoms with Gasteiger partial charge in [0.2, 0.25) is 0 Å². The molecule has 1 rings (SSSR count). The van der Waals surface area contributed by atoms with Crippen LogP contribution >= 0.6 is 0 Å². The van der Waals surface area contributed by atoms with Crippen molar-refractivity contribution in [3.63, 3.8) is 0 Å². The Morgan fingerprint density at radius 1 is 1.50 bits per heavy atom. The van der Waals surface area contributed by atoms with E-state index in [1.807, 2.05) is 0 Å². The maximum atomic E-state index is 13.0. The topological polar surface area (TPSA) is 12.0 Å². The number of hydrogen-bond donors (Lipinski definition) is 1. The zero-order valence-corrected chi connectivity index (χ0v) is 6.73. The van der Waals surface area contributed by atoms with E-state index in [4.69, 9.17) is 0 Å². The van der Waals surface area contributed by atoms with Crippen molar-refractivity contribution in [3.8, 4) is 0 Å². The van der Waals surface area contributed by atoms with Crippen LogP contribution < -0.4 is 5.32 Å². The number of piperidine rings is 1. The van der Waals surface area contributed by atoms with Crippen LogP contribution in [0.1, 0.15) is 20.3 Å². The van der Waals surface area contributed by atoms with E-state index in [0.29, 0.717) is 18.4 Å². The van der Waals surface area contributed by atoms with Crippen LogP contribution in [-0.2, 0) is 0 Å². The van der Waals surface area contributed by atoms with Crippen LogP contribution in [0, 0.1) is 11.8 Å². The molecule has 0 bridgehead atoms. The predicted octanol–water partition coefficient (Wildman–Crippen LogP) is 1.59. The van der Waals surface area contributed by atoms with Gasteiger partial charge in [0.15, 0.2) is 0 Å². The fourth-order valence-electron chi connectivity index (χ4n) is 1.59. The first-order chi connectivity index (χ1) is 4.72. The summed E-state index contributed by atoms with van der Waals surface area (Å²) in [6.07, 6.45) is 0.382. The molecule has 0 radical (unpaired) electrons. The summed E-state index contributed by atoms with van der Waals surface area (Å²) in [6, 6.07) is 0. The molecule has 1 aliphatic heterocycles. The largest absolute Gasteiger partial charge is 0.314 e. The molecule has 0 spiro atoms. The molecule has 60 valence electrons. The second-order valence-corrected chi connectivity index (χ2v) is 3.42. The zero-order valence-electron chi connectivity index (χ0n) is 6.73. The van der Waals surface area contributed by atoms with Gasteiger partial charge >= 0.3 is 0 Å². The number of halogens is 1. The first-order valence-corrected chi connectivity index (χ1v) is 4.06. The van der Waals surface area contributed by atoms with Crippen molar-refractivity contribution < 1.29 is 4.39 Å². The van der Waals surface area contributed by atoms with E-state index in [0.717, 1.165) is 13.0 Å². The van der Waals surface area contributed by atoms with Gasteiger partial charge < -0.3 is 5.32 Å². The lowest BCUT2D eigenvalue weighted by atomic mass is 9.86. The van der Waals surface area contributed by atoms with Crippen molar-refractivity contribution in [1.82, 2.24) is 5.32 Å². The molecule has 1 N–H and O–H groups in total. The van der Waals surface area contributed by atoms with Crippen molar-refractivity contribution in [2.45, 2.75) is 26.4 Å². The Morgan fingerprint density at radius 3 is 2.60 bits per heavy atom. The quantitative estimate of drug-likeness (QED) is 0.591. The molecule has 0 saturated carbocycles. The van der Waals surface area contributed by atoms with Crippen LogP contribution in [0.2, 0.25) is 0 Å². The van der Waals surface area contributed by atoms with E-state index in [-0.39, 0.29) is 0 Å². The van der Waals surface area contributed by atoms with Crippen molar-refractivity contribution in [2.24, 2.45) is 11.8 Å². The molecule has 10 heavy (non-hydrogen) atoms. The lowest BCUT2D eigenvalue weighted by Crippen LogP contribution is -2.40. The van der Waals surface area contributed by atoms with Gasteiger partial charge in [-0.3, -0.25) is 0 Å². The van der Waals surface area contributed by atoms with Gasteiger partial charge in [0.05, 0.1) is 0 Å². The van der Waals surface area contributed by atoms with E-state index < -0.39 is 6.17 Å². The van der Waals surface area contributed by atoms with E-state index in [1.54, 1.807) is 0 Å². The van der Waals surface area contributed by atoms with Crippen LogP contribution in [0.4, 0.5) is 4.39 Å². The second kappa shape index (κ2) is 3.33. The molecule has 2 atom stereocenters. The number of nitrogens with one attached hydrogen (secondary N) is 1. The molecule has 1 fully saturated rings. The molecule has 0 aromatic rings. The molecule has 1 saturated heterocycles. The molecule has 1 unspecified atom stereocenters. The standard InChI is InChI=1S/C8H16FN/c1-6(2)7-3-4-10-5-8(7)9/h6-8,10H,3-5H2,1-2H3/t7?,8-/m1/s1. The SMILES string of the molecule is CC(C)C1CCNC[C@H]1F. The Bertz CT molecular complexity index is 103. The predicted molar refractivity (Wildman–Crippen MR) is 40.7 cm³/mol. The van der Waals surface area contributed by atoms with Gasteiger partial charge in [-0.2, -0.15) is 0 Å². The Balaban J connectivity index is 2.40. The second-order valence-electron chi connectivity index (χ2n) is 3.42. The number of rotatable bonds is 1. The molecular formula is C8H16FN. The third-order valence-electron chi connectivity index (χ3n) is 2.31. The molecule has 2 heteroatoms. The molecular weight excluding hydrogens is 129 g/mol. The molecule has 1 heterocycles. The number of alkyl halides is 1. The zero-order chi connectivity index (χ0) is 7.56. The average molecular weight is 145 g/mol. The molecule has 0 aliphatic carbocycles.